The van der Waals surface area contributed by atoms with Gasteiger partial charge in [0.1, 0.15) is 0 Å². The number of nitrogens with zero attached hydrogens (tertiary/aromatic N) is 1. The van der Waals surface area contributed by atoms with E-state index in [0.717, 1.165) is 5.56 Å². The maximum atomic E-state index is 11.8. The van der Waals surface area contributed by atoms with Crippen LogP contribution in [0.5, 0.6) is 11.5 Å². The summed E-state index contributed by atoms with van der Waals surface area (Å²) >= 11 is 0. The standard InChI is InChI=1S/C13H16N2O5.K/c1-15(6-5-11(16)17)13(18)14-7-9-3-2-4-10-12(9)20-8-19-10;/h2-4H,5-8H2,1H3,(H,14,18)(H,16,17);/q;+1/p-1. The van der Waals surface area contributed by atoms with Crippen molar-refractivity contribution in [1.82, 2.24) is 10.2 Å². The van der Waals surface area contributed by atoms with Crippen molar-refractivity contribution in [2.75, 3.05) is 20.4 Å². The zero-order chi connectivity index (χ0) is 14.5. The Morgan fingerprint density at radius 3 is 2.86 bits per heavy atom. The predicted octanol–water partition coefficient (Wildman–Crippen LogP) is -3.30. The minimum absolute atomic E-state index is 0. The summed E-state index contributed by atoms with van der Waals surface area (Å²) in [5.41, 5.74) is 0.807. The number of nitrogens with one attached hydrogen (secondary N) is 1. The number of hydrogen-bond donors (Lipinski definition) is 1. The van der Waals surface area contributed by atoms with Crippen molar-refractivity contribution < 1.29 is 75.6 Å². The van der Waals surface area contributed by atoms with Crippen LogP contribution in [0.25, 0.3) is 0 Å². The van der Waals surface area contributed by atoms with Crippen molar-refractivity contribution in [3.8, 4) is 11.5 Å². The molecule has 0 unspecified atom stereocenters. The molecule has 0 bridgehead atoms. The number of carbonyl (C=O) groups is 2. The van der Waals surface area contributed by atoms with Gasteiger partial charge < -0.3 is 29.6 Å². The molecule has 0 radical (unpaired) electrons. The molecule has 1 heterocycles. The van der Waals surface area contributed by atoms with Gasteiger partial charge in [0, 0.05) is 38.1 Å². The molecule has 1 aromatic rings. The number of carboxylic acid groups (broad SMARTS) is 1. The zero-order valence-corrected chi connectivity index (χ0v) is 15.2. The largest absolute Gasteiger partial charge is 1.00 e. The molecule has 0 fully saturated rings. The van der Waals surface area contributed by atoms with Crippen LogP contribution in [-0.2, 0) is 11.3 Å². The number of fused-ring (bicyclic) bond motifs is 1. The molecule has 7 nitrogen and oxygen atoms in total. The Hall–Kier alpha value is -0.804. The van der Waals surface area contributed by atoms with Gasteiger partial charge in [0.2, 0.25) is 6.79 Å². The van der Waals surface area contributed by atoms with E-state index in [9.17, 15) is 14.7 Å². The van der Waals surface area contributed by atoms with Crippen LogP contribution >= 0.6 is 0 Å². The first-order valence-corrected chi connectivity index (χ1v) is 6.14. The quantitative estimate of drug-likeness (QED) is 0.575. The summed E-state index contributed by atoms with van der Waals surface area (Å²) in [6, 6.07) is 5.08. The first-order chi connectivity index (χ1) is 9.58. The van der Waals surface area contributed by atoms with Crippen LogP contribution in [-0.4, -0.2) is 37.3 Å². The molecule has 21 heavy (non-hydrogen) atoms. The topological polar surface area (TPSA) is 90.9 Å². The number of amides is 2. The molecule has 1 aromatic carbocycles. The summed E-state index contributed by atoms with van der Waals surface area (Å²) in [5, 5.41) is 13.0. The van der Waals surface area contributed by atoms with Crippen LogP contribution in [0.1, 0.15) is 12.0 Å². The number of carboxylic acids is 1. The van der Waals surface area contributed by atoms with E-state index in [-0.39, 0.29) is 83.7 Å². The molecule has 108 valence electrons. The molecule has 0 spiro atoms. The minimum Gasteiger partial charge on any atom is -0.550 e. The number of hydrogen-bond acceptors (Lipinski definition) is 5. The maximum Gasteiger partial charge on any atom is 1.00 e. The van der Waals surface area contributed by atoms with Crippen molar-refractivity contribution >= 4 is 12.0 Å². The number of ether oxygens (including phenoxy) is 2. The Balaban J connectivity index is 0.00000220. The predicted molar refractivity (Wildman–Crippen MR) is 67.1 cm³/mol. The van der Waals surface area contributed by atoms with E-state index in [4.69, 9.17) is 9.47 Å². The van der Waals surface area contributed by atoms with Gasteiger partial charge in [0.15, 0.2) is 11.5 Å². The second-order valence-electron chi connectivity index (χ2n) is 4.35. The summed E-state index contributed by atoms with van der Waals surface area (Å²) in [6.45, 7) is 0.549. The van der Waals surface area contributed by atoms with Crippen LogP contribution in [0.3, 0.4) is 0 Å². The number of carbonyl (C=O) groups excluding carboxylic acids is 2. The Bertz CT molecular complexity index is 523. The van der Waals surface area contributed by atoms with E-state index >= 15 is 0 Å². The molecule has 2 amide bonds. The fraction of sp³-hybridized carbons (Fsp3) is 0.385. The van der Waals surface area contributed by atoms with Crippen LogP contribution in [0.2, 0.25) is 0 Å². The van der Waals surface area contributed by atoms with Gasteiger partial charge in [-0.1, -0.05) is 12.1 Å². The van der Waals surface area contributed by atoms with Crippen molar-refractivity contribution in [3.05, 3.63) is 23.8 Å². The van der Waals surface area contributed by atoms with E-state index in [0.29, 0.717) is 11.5 Å². The molecule has 1 aliphatic rings. The van der Waals surface area contributed by atoms with E-state index in [1.165, 1.54) is 11.9 Å². The van der Waals surface area contributed by atoms with E-state index in [1.807, 2.05) is 12.1 Å². The van der Waals surface area contributed by atoms with Crippen molar-refractivity contribution in [2.45, 2.75) is 13.0 Å². The van der Waals surface area contributed by atoms with Gasteiger partial charge in [-0.05, 0) is 6.07 Å². The Morgan fingerprint density at radius 1 is 1.38 bits per heavy atom. The molecular formula is C13H15KN2O5. The van der Waals surface area contributed by atoms with Gasteiger partial charge in [-0.15, -0.1) is 0 Å². The average Bonchev–Trinajstić information content (AvgIpc) is 2.90. The maximum absolute atomic E-state index is 11.8. The third-order valence-corrected chi connectivity index (χ3v) is 2.91. The number of urea groups is 1. The molecule has 0 saturated heterocycles. The van der Waals surface area contributed by atoms with Crippen LogP contribution in [0, 0.1) is 0 Å². The van der Waals surface area contributed by atoms with E-state index < -0.39 is 5.97 Å². The van der Waals surface area contributed by atoms with Crippen molar-refractivity contribution in [3.63, 3.8) is 0 Å². The SMILES string of the molecule is CN(CCC(=O)[O-])C(=O)NCc1cccc2c1OCO2.[K+]. The summed E-state index contributed by atoms with van der Waals surface area (Å²) in [4.78, 5) is 23.4. The van der Waals surface area contributed by atoms with Gasteiger partial charge in [-0.25, -0.2) is 4.79 Å². The molecular weight excluding hydrogens is 303 g/mol. The molecule has 0 atom stereocenters. The number of para-hydroxylation sites is 1. The fourth-order valence-corrected chi connectivity index (χ4v) is 1.80. The molecule has 1 aliphatic heterocycles. The number of benzene rings is 1. The monoisotopic (exact) mass is 318 g/mol. The van der Waals surface area contributed by atoms with Gasteiger partial charge >= 0.3 is 57.4 Å². The first-order valence-electron chi connectivity index (χ1n) is 6.14. The molecule has 1 N–H and O–H groups in total. The number of aliphatic carboxylic acids is 1. The minimum atomic E-state index is -1.18. The van der Waals surface area contributed by atoms with Gasteiger partial charge in [-0.3, -0.25) is 0 Å². The van der Waals surface area contributed by atoms with Gasteiger partial charge in [0.25, 0.3) is 0 Å². The molecule has 0 saturated carbocycles. The normalized spacial score (nSPS) is 11.5. The second kappa shape index (κ2) is 8.59. The van der Waals surface area contributed by atoms with Gasteiger partial charge in [0.05, 0.1) is 0 Å². The van der Waals surface area contributed by atoms with Crippen molar-refractivity contribution in [1.29, 1.82) is 0 Å². The Kier molecular flexibility index (Phi) is 7.47. The van der Waals surface area contributed by atoms with Crippen LogP contribution in [0.15, 0.2) is 18.2 Å². The Morgan fingerprint density at radius 2 is 2.14 bits per heavy atom. The third-order valence-electron chi connectivity index (χ3n) is 2.91. The number of rotatable bonds is 5. The average molecular weight is 318 g/mol. The second-order valence-corrected chi connectivity index (χ2v) is 4.35. The van der Waals surface area contributed by atoms with E-state index in [1.54, 1.807) is 6.07 Å². The summed E-state index contributed by atoms with van der Waals surface area (Å²) < 4.78 is 10.6. The fourth-order valence-electron chi connectivity index (χ4n) is 1.80. The smallest absolute Gasteiger partial charge is 0.550 e. The summed E-state index contributed by atoms with van der Waals surface area (Å²) in [7, 11) is 1.52. The molecule has 0 aromatic heterocycles. The molecule has 0 aliphatic carbocycles. The van der Waals surface area contributed by atoms with Crippen LogP contribution < -0.4 is 71.3 Å². The molecule has 8 heteroatoms. The van der Waals surface area contributed by atoms with Gasteiger partial charge in [-0.2, -0.15) is 0 Å². The Labute approximate surface area is 165 Å². The third kappa shape index (κ3) is 5.15. The zero-order valence-electron chi connectivity index (χ0n) is 12.0. The summed E-state index contributed by atoms with van der Waals surface area (Å²) in [5.74, 6) is 0.100. The van der Waals surface area contributed by atoms with Crippen molar-refractivity contribution in [2.24, 2.45) is 0 Å². The summed E-state index contributed by atoms with van der Waals surface area (Å²) in [6.07, 6.45) is -0.193. The van der Waals surface area contributed by atoms with E-state index in [2.05, 4.69) is 5.32 Å². The first kappa shape index (κ1) is 18.2. The van der Waals surface area contributed by atoms with Crippen LogP contribution in [0.4, 0.5) is 4.79 Å². The molecule has 2 rings (SSSR count).